The fourth-order valence-corrected chi connectivity index (χ4v) is 3.69. The second-order valence-corrected chi connectivity index (χ2v) is 7.92. The third-order valence-corrected chi connectivity index (χ3v) is 5.53. The lowest BCUT2D eigenvalue weighted by atomic mass is 10.0. The summed E-state index contributed by atoms with van der Waals surface area (Å²) in [7, 11) is 1.60. The Bertz CT molecular complexity index is 1070. The third kappa shape index (κ3) is 5.84. The smallest absolute Gasteiger partial charge is 0.247 e. The predicted octanol–water partition coefficient (Wildman–Crippen LogP) is 2.62. The second kappa shape index (κ2) is 10.7. The van der Waals surface area contributed by atoms with E-state index in [2.05, 4.69) is 5.32 Å². The average Bonchev–Trinajstić information content (AvgIpc) is 2.80. The summed E-state index contributed by atoms with van der Waals surface area (Å²) in [5.74, 6) is -0.451. The van der Waals surface area contributed by atoms with Crippen molar-refractivity contribution in [2.75, 3.05) is 18.9 Å². The molecular weight excluding hydrogens is 404 g/mol. The van der Waals surface area contributed by atoms with Gasteiger partial charge in [0.1, 0.15) is 11.8 Å². The van der Waals surface area contributed by atoms with Crippen LogP contribution in [0.2, 0.25) is 0 Å². The van der Waals surface area contributed by atoms with Gasteiger partial charge in [-0.2, -0.15) is 0 Å². The van der Waals surface area contributed by atoms with Gasteiger partial charge in [-0.25, -0.2) is 0 Å². The molecule has 2 amide bonds. The highest BCUT2D eigenvalue weighted by Gasteiger charge is 2.29. The summed E-state index contributed by atoms with van der Waals surface area (Å²) in [4.78, 5) is 27.5. The van der Waals surface area contributed by atoms with Crippen LogP contribution in [0, 0.1) is 0 Å². The van der Waals surface area contributed by atoms with Crippen LogP contribution in [-0.2, 0) is 16.0 Å². The van der Waals surface area contributed by atoms with Crippen molar-refractivity contribution < 1.29 is 14.7 Å². The summed E-state index contributed by atoms with van der Waals surface area (Å²) in [5.41, 5.74) is 13.3. The minimum Gasteiger partial charge on any atom is -0.508 e. The van der Waals surface area contributed by atoms with Crippen LogP contribution in [-0.4, -0.2) is 47.5 Å². The molecule has 0 saturated heterocycles. The third-order valence-electron chi connectivity index (χ3n) is 5.53. The molecular formula is C25H30N4O3. The zero-order chi connectivity index (χ0) is 23.1. The van der Waals surface area contributed by atoms with Gasteiger partial charge in [0.2, 0.25) is 11.8 Å². The van der Waals surface area contributed by atoms with Gasteiger partial charge in [0, 0.05) is 12.7 Å². The number of fused-ring (bicyclic) bond motifs is 1. The van der Waals surface area contributed by atoms with E-state index >= 15 is 0 Å². The van der Waals surface area contributed by atoms with E-state index < -0.39 is 12.1 Å². The number of nitrogens with zero attached hydrogens (tertiary/aromatic N) is 1. The summed E-state index contributed by atoms with van der Waals surface area (Å²) in [6.45, 7) is 0.418. The van der Waals surface area contributed by atoms with E-state index in [0.717, 1.165) is 16.3 Å². The lowest BCUT2D eigenvalue weighted by Gasteiger charge is -2.29. The Kier molecular flexibility index (Phi) is 7.81. The molecule has 0 fully saturated rings. The topological polar surface area (TPSA) is 122 Å². The Labute approximate surface area is 188 Å². The fraction of sp³-hybridized carbons (Fsp3) is 0.280. The van der Waals surface area contributed by atoms with Crippen molar-refractivity contribution in [3.05, 3.63) is 72.3 Å². The first-order chi connectivity index (χ1) is 15.4. The minimum absolute atomic E-state index is 0.151. The highest BCUT2D eigenvalue weighted by atomic mass is 16.3. The fourth-order valence-electron chi connectivity index (χ4n) is 3.69. The van der Waals surface area contributed by atoms with Gasteiger partial charge in [-0.15, -0.1) is 0 Å². The van der Waals surface area contributed by atoms with Crippen LogP contribution in [0.25, 0.3) is 10.8 Å². The zero-order valence-corrected chi connectivity index (χ0v) is 18.2. The van der Waals surface area contributed by atoms with Crippen molar-refractivity contribution >= 4 is 28.3 Å². The highest BCUT2D eigenvalue weighted by Crippen LogP contribution is 2.20. The number of benzene rings is 3. The summed E-state index contributed by atoms with van der Waals surface area (Å²) >= 11 is 0. The zero-order valence-electron chi connectivity index (χ0n) is 18.2. The van der Waals surface area contributed by atoms with Crippen LogP contribution in [0.3, 0.4) is 0 Å². The molecule has 0 saturated carbocycles. The van der Waals surface area contributed by atoms with E-state index in [4.69, 9.17) is 11.5 Å². The van der Waals surface area contributed by atoms with Crippen LogP contribution in [0.4, 0.5) is 5.69 Å². The SMILES string of the molecule is CN(C(=O)C(N)Cc1ccc(O)cc1)C(CCCN)C(=O)Nc1ccc2ccccc2c1. The Hall–Kier alpha value is -3.42. The van der Waals surface area contributed by atoms with Gasteiger partial charge in [-0.05, 0) is 66.4 Å². The molecule has 7 nitrogen and oxygen atoms in total. The number of aromatic hydroxyl groups is 1. The molecule has 0 radical (unpaired) electrons. The summed E-state index contributed by atoms with van der Waals surface area (Å²) < 4.78 is 0. The van der Waals surface area contributed by atoms with Gasteiger partial charge in [0.25, 0.3) is 0 Å². The molecule has 0 aliphatic carbocycles. The molecule has 32 heavy (non-hydrogen) atoms. The van der Waals surface area contributed by atoms with E-state index in [-0.39, 0.29) is 17.6 Å². The molecule has 0 aliphatic rings. The van der Waals surface area contributed by atoms with Gasteiger partial charge in [-0.3, -0.25) is 9.59 Å². The molecule has 3 rings (SSSR count). The van der Waals surface area contributed by atoms with Crippen LogP contribution in [0.15, 0.2) is 66.7 Å². The first kappa shape index (κ1) is 23.2. The normalized spacial score (nSPS) is 12.8. The van der Waals surface area contributed by atoms with E-state index in [1.807, 2.05) is 42.5 Å². The van der Waals surface area contributed by atoms with Crippen molar-refractivity contribution in [3.8, 4) is 5.75 Å². The number of carbonyl (C=O) groups is 2. The second-order valence-electron chi connectivity index (χ2n) is 7.92. The van der Waals surface area contributed by atoms with Crippen LogP contribution in [0.1, 0.15) is 18.4 Å². The Morgan fingerprint density at radius 1 is 1.03 bits per heavy atom. The van der Waals surface area contributed by atoms with Gasteiger partial charge >= 0.3 is 0 Å². The maximum atomic E-state index is 13.1. The van der Waals surface area contributed by atoms with Crippen LogP contribution < -0.4 is 16.8 Å². The average molecular weight is 435 g/mol. The number of hydrogen-bond donors (Lipinski definition) is 4. The molecule has 0 spiro atoms. The number of nitrogens with one attached hydrogen (secondary N) is 1. The number of nitrogens with two attached hydrogens (primary N) is 2. The van der Waals surface area contributed by atoms with Gasteiger partial charge < -0.3 is 26.8 Å². The standard InChI is InChI=1S/C25H30N4O3/c1-29(25(32)22(27)15-17-8-12-21(30)13-9-17)23(7-4-14-26)24(31)28-20-11-10-18-5-2-3-6-19(18)16-20/h2-3,5-6,8-13,16,22-23,30H,4,7,14-15,26-27H2,1H3,(H,28,31). The van der Waals surface area contributed by atoms with Gasteiger partial charge in [0.15, 0.2) is 0 Å². The van der Waals surface area contributed by atoms with E-state index in [0.29, 0.717) is 31.5 Å². The number of anilines is 1. The van der Waals surface area contributed by atoms with Crippen molar-refractivity contribution in [2.24, 2.45) is 11.5 Å². The Morgan fingerprint density at radius 2 is 1.72 bits per heavy atom. The molecule has 0 aliphatic heterocycles. The number of amides is 2. The first-order valence-corrected chi connectivity index (χ1v) is 10.7. The van der Waals surface area contributed by atoms with Gasteiger partial charge in [-0.1, -0.05) is 42.5 Å². The van der Waals surface area contributed by atoms with Crippen LogP contribution in [0.5, 0.6) is 5.75 Å². The lowest BCUT2D eigenvalue weighted by molar-refractivity contribution is -0.138. The number of phenols is 1. The quantitative estimate of drug-likeness (QED) is 0.412. The first-order valence-electron chi connectivity index (χ1n) is 10.7. The predicted molar refractivity (Wildman–Crippen MR) is 127 cm³/mol. The maximum absolute atomic E-state index is 13.1. The Morgan fingerprint density at radius 3 is 2.41 bits per heavy atom. The molecule has 0 heterocycles. The summed E-state index contributed by atoms with van der Waals surface area (Å²) in [6, 6.07) is 18.7. The van der Waals surface area contributed by atoms with Crippen molar-refractivity contribution in [1.82, 2.24) is 4.90 Å². The summed E-state index contributed by atoms with van der Waals surface area (Å²) in [6.07, 6.45) is 1.34. The number of carbonyl (C=O) groups excluding carboxylic acids is 2. The van der Waals surface area contributed by atoms with Crippen molar-refractivity contribution in [3.63, 3.8) is 0 Å². The molecule has 2 unspecified atom stereocenters. The van der Waals surface area contributed by atoms with Gasteiger partial charge in [0.05, 0.1) is 6.04 Å². The van der Waals surface area contributed by atoms with Crippen molar-refractivity contribution in [2.45, 2.75) is 31.3 Å². The van der Waals surface area contributed by atoms with E-state index in [1.165, 1.54) is 4.90 Å². The van der Waals surface area contributed by atoms with Crippen LogP contribution >= 0.6 is 0 Å². The molecule has 2 atom stereocenters. The molecule has 6 N–H and O–H groups in total. The molecule has 0 aromatic heterocycles. The molecule has 3 aromatic carbocycles. The van der Waals surface area contributed by atoms with E-state index in [1.54, 1.807) is 31.3 Å². The lowest BCUT2D eigenvalue weighted by Crippen LogP contribution is -2.51. The number of phenolic OH excluding ortho intramolecular Hbond substituents is 1. The van der Waals surface area contributed by atoms with Crippen molar-refractivity contribution in [1.29, 1.82) is 0 Å². The highest BCUT2D eigenvalue weighted by molar-refractivity contribution is 5.99. The molecule has 3 aromatic rings. The molecule has 0 bridgehead atoms. The minimum atomic E-state index is -0.807. The number of rotatable bonds is 9. The monoisotopic (exact) mass is 434 g/mol. The largest absolute Gasteiger partial charge is 0.508 e. The Balaban J connectivity index is 1.71. The molecule has 168 valence electrons. The molecule has 7 heteroatoms. The number of likely N-dealkylation sites (N-methyl/N-ethyl adjacent to an activating group) is 1. The number of hydrogen-bond acceptors (Lipinski definition) is 5. The summed E-state index contributed by atoms with van der Waals surface area (Å²) in [5, 5.41) is 14.5. The van der Waals surface area contributed by atoms with E-state index in [9.17, 15) is 14.7 Å². The maximum Gasteiger partial charge on any atom is 0.247 e.